The predicted molar refractivity (Wildman–Crippen MR) is 117 cm³/mol. The van der Waals surface area contributed by atoms with Gasteiger partial charge in [-0.2, -0.15) is 9.97 Å². The van der Waals surface area contributed by atoms with Gasteiger partial charge in [-0.05, 0) is 45.1 Å². The summed E-state index contributed by atoms with van der Waals surface area (Å²) in [6.45, 7) is 3.32. The van der Waals surface area contributed by atoms with Gasteiger partial charge in [0.15, 0.2) is 11.0 Å². The lowest BCUT2D eigenvalue weighted by molar-refractivity contribution is 0.0644. The van der Waals surface area contributed by atoms with E-state index in [9.17, 15) is 9.50 Å². The fourth-order valence-electron chi connectivity index (χ4n) is 5.59. The molecule has 0 radical (unpaired) electrons. The Labute approximate surface area is 186 Å². The molecule has 0 unspecified atom stereocenters. The van der Waals surface area contributed by atoms with E-state index in [1.54, 1.807) is 6.20 Å². The Balaban J connectivity index is 1.48. The zero-order chi connectivity index (χ0) is 21.4. The van der Waals surface area contributed by atoms with Crippen LogP contribution < -0.4 is 9.64 Å². The van der Waals surface area contributed by atoms with Crippen LogP contribution in [0.3, 0.4) is 0 Å². The number of halogens is 2. The minimum Gasteiger partial charge on any atom is -0.461 e. The van der Waals surface area contributed by atoms with Crippen molar-refractivity contribution in [2.75, 3.05) is 37.7 Å². The van der Waals surface area contributed by atoms with Crippen LogP contribution >= 0.6 is 11.6 Å². The molecule has 168 valence electrons. The van der Waals surface area contributed by atoms with Crippen molar-refractivity contribution in [1.29, 1.82) is 0 Å². The molecule has 31 heavy (non-hydrogen) atoms. The van der Waals surface area contributed by atoms with Crippen molar-refractivity contribution in [3.05, 3.63) is 17.2 Å². The fourth-order valence-corrected chi connectivity index (χ4v) is 5.73. The Bertz CT molecular complexity index is 955. The zero-order valence-corrected chi connectivity index (χ0v) is 18.5. The Kier molecular flexibility index (Phi) is 5.88. The van der Waals surface area contributed by atoms with Crippen molar-refractivity contribution in [3.8, 4) is 6.01 Å². The van der Waals surface area contributed by atoms with Crippen LogP contribution in [0.25, 0.3) is 10.9 Å². The summed E-state index contributed by atoms with van der Waals surface area (Å²) in [5.41, 5.74) is 0.0628. The van der Waals surface area contributed by atoms with Crippen LogP contribution in [0.2, 0.25) is 5.15 Å². The summed E-state index contributed by atoms with van der Waals surface area (Å²) in [7, 11) is 0. The zero-order valence-electron chi connectivity index (χ0n) is 17.7. The van der Waals surface area contributed by atoms with Crippen molar-refractivity contribution in [3.63, 3.8) is 0 Å². The summed E-state index contributed by atoms with van der Waals surface area (Å²) in [6, 6.07) is 0.375. The van der Waals surface area contributed by atoms with Crippen LogP contribution in [-0.4, -0.2) is 69.4 Å². The number of hydrogen-bond donors (Lipinski definition) is 1. The van der Waals surface area contributed by atoms with Gasteiger partial charge in [0.05, 0.1) is 17.5 Å². The number of ether oxygens (including phenoxy) is 1. The lowest BCUT2D eigenvalue weighted by Crippen LogP contribution is -2.47. The van der Waals surface area contributed by atoms with Crippen molar-refractivity contribution in [1.82, 2.24) is 19.9 Å². The largest absolute Gasteiger partial charge is 0.461 e. The first-order valence-electron chi connectivity index (χ1n) is 11.4. The Morgan fingerprint density at radius 1 is 1.13 bits per heavy atom. The van der Waals surface area contributed by atoms with E-state index in [0.29, 0.717) is 17.8 Å². The number of fused-ring (bicyclic) bond motifs is 2. The molecule has 2 aromatic rings. The highest BCUT2D eigenvalue weighted by molar-refractivity contribution is 6.30. The lowest BCUT2D eigenvalue weighted by atomic mass is 9.95. The smallest absolute Gasteiger partial charge is 0.319 e. The van der Waals surface area contributed by atoms with E-state index in [4.69, 9.17) is 21.3 Å². The van der Waals surface area contributed by atoms with Gasteiger partial charge in [-0.3, -0.25) is 4.90 Å². The van der Waals surface area contributed by atoms with Gasteiger partial charge in [-0.1, -0.05) is 24.4 Å². The van der Waals surface area contributed by atoms with Crippen LogP contribution in [-0.2, 0) is 0 Å². The van der Waals surface area contributed by atoms with E-state index in [0.717, 1.165) is 58.2 Å². The number of aliphatic hydroxyl groups excluding tert-OH is 1. The molecule has 0 spiro atoms. The molecule has 0 amide bonds. The molecule has 1 N–H and O–H groups in total. The molecule has 5 rings (SSSR count). The Morgan fingerprint density at radius 3 is 2.71 bits per heavy atom. The topological polar surface area (TPSA) is 74.6 Å². The molecule has 3 aliphatic heterocycles. The second-order valence-corrected chi connectivity index (χ2v) is 9.40. The Morgan fingerprint density at radius 2 is 1.94 bits per heavy atom. The average Bonchev–Trinajstić information content (AvgIpc) is 3.22. The number of hydrogen-bond acceptors (Lipinski definition) is 7. The van der Waals surface area contributed by atoms with Gasteiger partial charge in [-0.25, -0.2) is 9.37 Å². The standard InChI is InChI=1S/C22H29ClFN5O2/c23-19-17(24)18-16(12-25-19)20(28-9-3-1-2-4-10-28)27-21(26-18)31-14-22-7-5-11-29(22)15(13-30)6-8-22/h12,15,30H,1-11,13-14H2/t15-,22-/m0/s1. The van der Waals surface area contributed by atoms with Crippen LogP contribution in [0, 0.1) is 5.82 Å². The molecule has 3 aliphatic rings. The van der Waals surface area contributed by atoms with Crippen LogP contribution in [0.1, 0.15) is 51.4 Å². The van der Waals surface area contributed by atoms with Crippen molar-refractivity contribution in [2.24, 2.45) is 0 Å². The summed E-state index contributed by atoms with van der Waals surface area (Å²) < 4.78 is 21.0. The Hall–Kier alpha value is -1.77. The highest BCUT2D eigenvalue weighted by Crippen LogP contribution is 2.42. The maximum absolute atomic E-state index is 14.9. The third kappa shape index (κ3) is 3.83. The van der Waals surface area contributed by atoms with Crippen LogP contribution in [0.15, 0.2) is 6.20 Å². The lowest BCUT2D eigenvalue weighted by Gasteiger charge is -2.34. The molecule has 5 heterocycles. The van der Waals surface area contributed by atoms with Crippen molar-refractivity contribution >= 4 is 28.3 Å². The molecule has 3 saturated heterocycles. The van der Waals surface area contributed by atoms with E-state index in [1.165, 1.54) is 12.8 Å². The SMILES string of the molecule is OC[C@@H]1CC[C@]2(COc3nc(N4CCCCCC4)c4cnc(Cl)c(F)c4n3)CCCN12. The van der Waals surface area contributed by atoms with Crippen molar-refractivity contribution < 1.29 is 14.2 Å². The molecular weight excluding hydrogens is 421 g/mol. The second kappa shape index (κ2) is 8.64. The van der Waals surface area contributed by atoms with Crippen molar-refractivity contribution in [2.45, 2.75) is 62.9 Å². The van der Waals surface area contributed by atoms with Crippen LogP contribution in [0.4, 0.5) is 10.2 Å². The molecule has 0 aromatic carbocycles. The van der Waals surface area contributed by atoms with E-state index in [1.807, 2.05) is 0 Å². The molecule has 2 aromatic heterocycles. The maximum atomic E-state index is 14.9. The highest BCUT2D eigenvalue weighted by Gasteiger charge is 2.49. The van der Waals surface area contributed by atoms with E-state index in [2.05, 4.69) is 19.8 Å². The number of pyridine rings is 1. The molecule has 0 bridgehead atoms. The summed E-state index contributed by atoms with van der Waals surface area (Å²) in [4.78, 5) is 17.7. The highest BCUT2D eigenvalue weighted by atomic mass is 35.5. The van der Waals surface area contributed by atoms with Gasteiger partial charge in [0.1, 0.15) is 17.9 Å². The minimum atomic E-state index is -0.635. The normalized spacial score (nSPS) is 26.9. The van der Waals surface area contributed by atoms with Gasteiger partial charge < -0.3 is 14.7 Å². The van der Waals surface area contributed by atoms with E-state index >= 15 is 0 Å². The maximum Gasteiger partial charge on any atom is 0.319 e. The molecule has 9 heteroatoms. The van der Waals surface area contributed by atoms with Crippen LogP contribution in [0.5, 0.6) is 6.01 Å². The van der Waals surface area contributed by atoms with Gasteiger partial charge in [0.2, 0.25) is 0 Å². The fraction of sp³-hybridized carbons (Fsp3) is 0.682. The monoisotopic (exact) mass is 449 g/mol. The molecule has 0 saturated carbocycles. The third-order valence-corrected chi connectivity index (χ3v) is 7.48. The predicted octanol–water partition coefficient (Wildman–Crippen LogP) is 3.57. The number of rotatable bonds is 5. The molecule has 3 fully saturated rings. The summed E-state index contributed by atoms with van der Waals surface area (Å²) in [6.07, 6.45) is 10.1. The summed E-state index contributed by atoms with van der Waals surface area (Å²) >= 11 is 5.96. The van der Waals surface area contributed by atoms with E-state index < -0.39 is 5.82 Å². The van der Waals surface area contributed by atoms with Gasteiger partial charge in [0, 0.05) is 25.3 Å². The van der Waals surface area contributed by atoms with Gasteiger partial charge >= 0.3 is 6.01 Å². The average molecular weight is 450 g/mol. The number of aliphatic hydroxyl groups is 1. The number of anilines is 1. The summed E-state index contributed by atoms with van der Waals surface area (Å²) in [5.74, 6) is 0.0368. The molecule has 2 atom stereocenters. The first kappa shape index (κ1) is 21.1. The first-order chi connectivity index (χ1) is 15.1. The second-order valence-electron chi connectivity index (χ2n) is 9.04. The molecule has 0 aliphatic carbocycles. The quantitative estimate of drug-likeness (QED) is 0.699. The number of nitrogens with zero attached hydrogens (tertiary/aromatic N) is 5. The molecular formula is C22H29ClFN5O2. The first-order valence-corrected chi connectivity index (χ1v) is 11.8. The number of aromatic nitrogens is 3. The van der Waals surface area contributed by atoms with E-state index in [-0.39, 0.29) is 34.9 Å². The third-order valence-electron chi connectivity index (χ3n) is 7.22. The molecule has 7 nitrogen and oxygen atoms in total. The summed E-state index contributed by atoms with van der Waals surface area (Å²) in [5, 5.41) is 10.1. The minimum absolute atomic E-state index is 0.0943. The van der Waals surface area contributed by atoms with Gasteiger partial charge in [0.25, 0.3) is 0 Å². The van der Waals surface area contributed by atoms with Gasteiger partial charge in [-0.15, -0.1) is 0 Å².